The summed E-state index contributed by atoms with van der Waals surface area (Å²) < 4.78 is 11.1. The van der Waals surface area contributed by atoms with Crippen molar-refractivity contribution in [2.45, 2.75) is 27.7 Å². The largest absolute Gasteiger partial charge is 0.493 e. The fourth-order valence-corrected chi connectivity index (χ4v) is 2.76. The maximum absolute atomic E-state index is 12.8. The monoisotopic (exact) mass is 404 g/mol. The summed E-state index contributed by atoms with van der Waals surface area (Å²) in [5.41, 5.74) is 2.27. The van der Waals surface area contributed by atoms with Gasteiger partial charge in [0.2, 0.25) is 5.91 Å². The van der Waals surface area contributed by atoms with Gasteiger partial charge in [0.25, 0.3) is 5.91 Å². The molecule has 0 saturated carbocycles. The maximum Gasteiger partial charge on any atom is 0.255 e. The second-order valence-corrected chi connectivity index (χ2v) is 7.29. The Morgan fingerprint density at radius 1 is 1.11 bits per heavy atom. The van der Waals surface area contributed by atoms with Crippen LogP contribution in [0.1, 0.15) is 36.7 Å². The summed E-state index contributed by atoms with van der Waals surface area (Å²) >= 11 is 6.33. The van der Waals surface area contributed by atoms with Crippen LogP contribution >= 0.6 is 11.6 Å². The quantitative estimate of drug-likeness (QED) is 0.687. The smallest absolute Gasteiger partial charge is 0.255 e. The SMILES string of the molecule is COc1cc(C(=O)Nc2cc(C)ccc2NC(C)=O)cc(Cl)c1OCC(C)C. The summed E-state index contributed by atoms with van der Waals surface area (Å²) in [4.78, 5) is 24.2. The number of anilines is 2. The summed E-state index contributed by atoms with van der Waals surface area (Å²) in [6.07, 6.45) is 0. The van der Waals surface area contributed by atoms with Gasteiger partial charge in [-0.3, -0.25) is 9.59 Å². The van der Waals surface area contributed by atoms with Crippen LogP contribution in [0.3, 0.4) is 0 Å². The van der Waals surface area contributed by atoms with Gasteiger partial charge in [-0.1, -0.05) is 31.5 Å². The zero-order valence-electron chi connectivity index (χ0n) is 16.7. The number of amides is 2. The van der Waals surface area contributed by atoms with Crippen molar-refractivity contribution in [2.75, 3.05) is 24.4 Å². The van der Waals surface area contributed by atoms with Crippen LogP contribution in [-0.2, 0) is 4.79 Å². The van der Waals surface area contributed by atoms with Crippen molar-refractivity contribution in [1.29, 1.82) is 0 Å². The summed E-state index contributed by atoms with van der Waals surface area (Å²) in [7, 11) is 1.49. The summed E-state index contributed by atoms with van der Waals surface area (Å²) in [5, 5.41) is 5.80. The van der Waals surface area contributed by atoms with E-state index < -0.39 is 0 Å². The molecule has 0 aromatic heterocycles. The first kappa shape index (κ1) is 21.6. The molecule has 6 nitrogen and oxygen atoms in total. The number of hydrogen-bond donors (Lipinski definition) is 2. The van der Waals surface area contributed by atoms with Gasteiger partial charge in [-0.25, -0.2) is 0 Å². The Morgan fingerprint density at radius 3 is 2.43 bits per heavy atom. The average Bonchev–Trinajstić information content (AvgIpc) is 2.61. The van der Waals surface area contributed by atoms with Gasteiger partial charge in [0.15, 0.2) is 11.5 Å². The second kappa shape index (κ2) is 9.46. The molecule has 2 N–H and O–H groups in total. The Kier molecular flexibility index (Phi) is 7.29. The Morgan fingerprint density at radius 2 is 1.82 bits per heavy atom. The van der Waals surface area contributed by atoms with Crippen LogP contribution in [0.2, 0.25) is 5.02 Å². The lowest BCUT2D eigenvalue weighted by Gasteiger charge is -2.16. The molecule has 2 amide bonds. The van der Waals surface area contributed by atoms with Crippen LogP contribution in [0.25, 0.3) is 0 Å². The topological polar surface area (TPSA) is 76.7 Å². The van der Waals surface area contributed by atoms with Gasteiger partial charge < -0.3 is 20.1 Å². The minimum absolute atomic E-state index is 0.226. The van der Waals surface area contributed by atoms with E-state index in [0.29, 0.717) is 41.0 Å². The molecule has 28 heavy (non-hydrogen) atoms. The van der Waals surface area contributed by atoms with Gasteiger partial charge in [0.05, 0.1) is 30.1 Å². The highest BCUT2D eigenvalue weighted by molar-refractivity contribution is 6.32. The van der Waals surface area contributed by atoms with Crippen LogP contribution in [0, 0.1) is 12.8 Å². The Balaban J connectivity index is 2.31. The van der Waals surface area contributed by atoms with Crippen LogP contribution in [-0.4, -0.2) is 25.5 Å². The number of halogens is 1. The third-order valence-electron chi connectivity index (χ3n) is 3.79. The molecule has 2 aromatic rings. The molecule has 150 valence electrons. The van der Waals surface area contributed by atoms with Crippen molar-refractivity contribution in [1.82, 2.24) is 0 Å². The predicted octanol–water partition coefficient (Wildman–Crippen LogP) is 4.90. The van der Waals surface area contributed by atoms with Crippen LogP contribution in [0.15, 0.2) is 30.3 Å². The lowest BCUT2D eigenvalue weighted by molar-refractivity contribution is -0.114. The Bertz CT molecular complexity index is 881. The maximum atomic E-state index is 12.8. The average molecular weight is 405 g/mol. The lowest BCUT2D eigenvalue weighted by Crippen LogP contribution is -2.16. The molecule has 0 bridgehead atoms. The summed E-state index contributed by atoms with van der Waals surface area (Å²) in [6, 6.07) is 8.47. The molecule has 0 aliphatic rings. The van der Waals surface area contributed by atoms with E-state index in [0.717, 1.165) is 5.56 Å². The second-order valence-electron chi connectivity index (χ2n) is 6.88. The van der Waals surface area contributed by atoms with Crippen molar-refractivity contribution < 1.29 is 19.1 Å². The van der Waals surface area contributed by atoms with Gasteiger partial charge in [-0.2, -0.15) is 0 Å². The van der Waals surface area contributed by atoms with E-state index in [4.69, 9.17) is 21.1 Å². The number of benzene rings is 2. The van der Waals surface area contributed by atoms with E-state index in [1.807, 2.05) is 26.8 Å². The van der Waals surface area contributed by atoms with Crippen molar-refractivity contribution in [3.8, 4) is 11.5 Å². The molecule has 0 saturated heterocycles. The number of methoxy groups -OCH3 is 1. The molecule has 0 aliphatic heterocycles. The molecule has 2 aromatic carbocycles. The van der Waals surface area contributed by atoms with Gasteiger partial charge in [-0.05, 0) is 42.7 Å². The number of carbonyl (C=O) groups excluding carboxylic acids is 2. The van der Waals surface area contributed by atoms with E-state index in [2.05, 4.69) is 10.6 Å². The predicted molar refractivity (Wildman–Crippen MR) is 112 cm³/mol. The third-order valence-corrected chi connectivity index (χ3v) is 4.07. The van der Waals surface area contributed by atoms with Crippen molar-refractivity contribution in [3.05, 3.63) is 46.5 Å². The normalized spacial score (nSPS) is 10.5. The number of ether oxygens (including phenoxy) is 2. The molecular formula is C21H25ClN2O4. The van der Waals surface area contributed by atoms with Crippen LogP contribution < -0.4 is 20.1 Å². The highest BCUT2D eigenvalue weighted by Crippen LogP contribution is 2.37. The number of carbonyl (C=O) groups is 2. The minimum atomic E-state index is -0.382. The number of hydrogen-bond acceptors (Lipinski definition) is 4. The first-order valence-electron chi connectivity index (χ1n) is 8.91. The molecule has 0 radical (unpaired) electrons. The van der Waals surface area contributed by atoms with E-state index in [-0.39, 0.29) is 16.8 Å². The Labute approximate surface area is 170 Å². The first-order valence-corrected chi connectivity index (χ1v) is 9.29. The van der Waals surface area contributed by atoms with Crippen LogP contribution in [0.4, 0.5) is 11.4 Å². The molecule has 0 atom stereocenters. The van der Waals surface area contributed by atoms with Gasteiger partial charge in [0.1, 0.15) is 0 Å². The highest BCUT2D eigenvalue weighted by atomic mass is 35.5. The van der Waals surface area contributed by atoms with Gasteiger partial charge in [0, 0.05) is 12.5 Å². The fourth-order valence-electron chi connectivity index (χ4n) is 2.50. The molecule has 7 heteroatoms. The highest BCUT2D eigenvalue weighted by Gasteiger charge is 2.17. The zero-order chi connectivity index (χ0) is 20.8. The molecule has 0 unspecified atom stereocenters. The lowest BCUT2D eigenvalue weighted by atomic mass is 10.1. The van der Waals surface area contributed by atoms with E-state index in [1.54, 1.807) is 18.2 Å². The zero-order valence-corrected chi connectivity index (χ0v) is 17.4. The number of nitrogens with one attached hydrogen (secondary N) is 2. The van der Waals surface area contributed by atoms with E-state index >= 15 is 0 Å². The van der Waals surface area contributed by atoms with E-state index in [1.165, 1.54) is 20.1 Å². The molecule has 2 rings (SSSR count). The van der Waals surface area contributed by atoms with Gasteiger partial charge in [-0.15, -0.1) is 0 Å². The van der Waals surface area contributed by atoms with Gasteiger partial charge >= 0.3 is 0 Å². The van der Waals surface area contributed by atoms with Crippen molar-refractivity contribution in [2.24, 2.45) is 5.92 Å². The Hall–Kier alpha value is -2.73. The number of aryl methyl sites for hydroxylation is 1. The molecule has 0 aliphatic carbocycles. The van der Waals surface area contributed by atoms with E-state index in [9.17, 15) is 9.59 Å². The molecule has 0 fully saturated rings. The molecule has 0 spiro atoms. The fraction of sp³-hybridized carbons (Fsp3) is 0.333. The summed E-state index contributed by atoms with van der Waals surface area (Å²) in [6.45, 7) is 7.83. The molecular weight excluding hydrogens is 380 g/mol. The first-order chi connectivity index (χ1) is 13.2. The summed E-state index contributed by atoms with van der Waals surface area (Å²) in [5.74, 6) is 0.495. The standard InChI is InChI=1S/C21H25ClN2O4/c1-12(2)11-28-20-16(22)9-15(10-19(20)27-5)21(26)24-18-8-13(3)6-7-17(18)23-14(4)25/h6-10,12H,11H2,1-5H3,(H,23,25)(H,24,26). The number of rotatable bonds is 7. The minimum Gasteiger partial charge on any atom is -0.493 e. The van der Waals surface area contributed by atoms with Crippen LogP contribution in [0.5, 0.6) is 11.5 Å². The molecule has 0 heterocycles. The third kappa shape index (κ3) is 5.63. The van der Waals surface area contributed by atoms with Crippen molar-refractivity contribution in [3.63, 3.8) is 0 Å². The van der Waals surface area contributed by atoms with Crippen molar-refractivity contribution >= 4 is 34.8 Å².